The van der Waals surface area contributed by atoms with E-state index in [9.17, 15) is 13.2 Å². The zero-order chi connectivity index (χ0) is 10.2. The molecular weight excluding hydrogens is 185 g/mol. The molecule has 72 valence electrons. The molecule has 0 spiro atoms. The Morgan fingerprint density at radius 2 is 1.77 bits per heavy atom. The van der Waals surface area contributed by atoms with Crippen molar-refractivity contribution >= 4 is 0 Å². The Morgan fingerprint density at radius 1 is 1.23 bits per heavy atom. The molecular formula is C8H7F3O2. The first kappa shape index (κ1) is 9.85. The summed E-state index contributed by atoms with van der Waals surface area (Å²) < 4.78 is 38.3. The van der Waals surface area contributed by atoms with E-state index in [4.69, 9.17) is 10.2 Å². The number of hydrogen-bond acceptors (Lipinski definition) is 2. The minimum absolute atomic E-state index is 0.316. The molecule has 1 unspecified atom stereocenters. The Balaban J connectivity index is 3.46. The van der Waals surface area contributed by atoms with Crippen molar-refractivity contribution in [1.82, 2.24) is 0 Å². The highest BCUT2D eigenvalue weighted by Gasteiger charge is 2.21. The van der Waals surface area contributed by atoms with E-state index in [0.717, 1.165) is 6.92 Å². The van der Waals surface area contributed by atoms with Gasteiger partial charge in [0.2, 0.25) is 0 Å². The third-order valence-electron chi connectivity index (χ3n) is 1.59. The van der Waals surface area contributed by atoms with Gasteiger partial charge in [0.1, 0.15) is 0 Å². The number of phenols is 1. The van der Waals surface area contributed by atoms with Gasteiger partial charge in [0.05, 0.1) is 11.7 Å². The van der Waals surface area contributed by atoms with E-state index in [1.165, 1.54) is 0 Å². The SMILES string of the molecule is CC(O)c1c(F)c(O)cc(F)c1F. The van der Waals surface area contributed by atoms with Crippen molar-refractivity contribution in [1.29, 1.82) is 0 Å². The van der Waals surface area contributed by atoms with Crippen LogP contribution in [0.4, 0.5) is 13.2 Å². The number of phenolic OH excluding ortho intramolecular Hbond substituents is 1. The minimum Gasteiger partial charge on any atom is -0.505 e. The van der Waals surface area contributed by atoms with Crippen molar-refractivity contribution < 1.29 is 23.4 Å². The van der Waals surface area contributed by atoms with Gasteiger partial charge >= 0.3 is 0 Å². The molecule has 13 heavy (non-hydrogen) atoms. The van der Waals surface area contributed by atoms with Gasteiger partial charge in [0, 0.05) is 6.07 Å². The largest absolute Gasteiger partial charge is 0.505 e. The zero-order valence-corrected chi connectivity index (χ0v) is 6.68. The standard InChI is InChI=1S/C8H7F3O2/c1-3(12)6-7(10)4(9)2-5(13)8(6)11/h2-3,12-13H,1H3. The van der Waals surface area contributed by atoms with Gasteiger partial charge in [-0.15, -0.1) is 0 Å². The van der Waals surface area contributed by atoms with Crippen LogP contribution in [-0.2, 0) is 0 Å². The highest BCUT2D eigenvalue weighted by Crippen LogP contribution is 2.28. The summed E-state index contributed by atoms with van der Waals surface area (Å²) in [5.74, 6) is -5.23. The molecule has 0 saturated heterocycles. The number of hydrogen-bond donors (Lipinski definition) is 2. The highest BCUT2D eigenvalue weighted by atomic mass is 19.2. The van der Waals surface area contributed by atoms with Crippen LogP contribution in [0.1, 0.15) is 18.6 Å². The second kappa shape index (κ2) is 3.26. The van der Waals surface area contributed by atoms with E-state index in [1.54, 1.807) is 0 Å². The van der Waals surface area contributed by atoms with E-state index in [0.29, 0.717) is 6.07 Å². The summed E-state index contributed by atoms with van der Waals surface area (Å²) in [6, 6.07) is 0.316. The molecule has 0 bridgehead atoms. The molecule has 1 atom stereocenters. The molecule has 1 aromatic carbocycles. The fraction of sp³-hybridized carbons (Fsp3) is 0.250. The maximum absolute atomic E-state index is 12.9. The second-order valence-corrected chi connectivity index (χ2v) is 2.60. The van der Waals surface area contributed by atoms with Crippen molar-refractivity contribution in [3.05, 3.63) is 29.1 Å². The van der Waals surface area contributed by atoms with Gasteiger partial charge in [0.15, 0.2) is 23.2 Å². The predicted octanol–water partition coefficient (Wildman–Crippen LogP) is 1.86. The molecule has 0 heterocycles. The van der Waals surface area contributed by atoms with Crippen molar-refractivity contribution in [3.8, 4) is 5.75 Å². The zero-order valence-electron chi connectivity index (χ0n) is 6.68. The molecule has 0 saturated carbocycles. The predicted molar refractivity (Wildman–Crippen MR) is 38.6 cm³/mol. The topological polar surface area (TPSA) is 40.5 Å². The lowest BCUT2D eigenvalue weighted by Gasteiger charge is -2.09. The number of aromatic hydroxyl groups is 1. The fourth-order valence-corrected chi connectivity index (χ4v) is 0.977. The van der Waals surface area contributed by atoms with E-state index >= 15 is 0 Å². The summed E-state index contributed by atoms with van der Waals surface area (Å²) in [5, 5.41) is 17.6. The number of rotatable bonds is 1. The molecule has 0 aromatic heterocycles. The summed E-state index contributed by atoms with van der Waals surface area (Å²) in [6.45, 7) is 1.07. The van der Waals surface area contributed by atoms with Crippen molar-refractivity contribution in [3.63, 3.8) is 0 Å². The van der Waals surface area contributed by atoms with Gasteiger partial charge in [0.25, 0.3) is 0 Å². The maximum Gasteiger partial charge on any atom is 0.173 e. The van der Waals surface area contributed by atoms with Crippen LogP contribution in [0.15, 0.2) is 6.07 Å². The molecule has 0 aliphatic rings. The van der Waals surface area contributed by atoms with Crippen molar-refractivity contribution in [2.45, 2.75) is 13.0 Å². The van der Waals surface area contributed by atoms with Gasteiger partial charge in [-0.3, -0.25) is 0 Å². The third-order valence-corrected chi connectivity index (χ3v) is 1.59. The quantitative estimate of drug-likeness (QED) is 0.667. The van der Waals surface area contributed by atoms with Crippen LogP contribution in [0.3, 0.4) is 0 Å². The van der Waals surface area contributed by atoms with Crippen LogP contribution < -0.4 is 0 Å². The first-order valence-corrected chi connectivity index (χ1v) is 3.49. The van der Waals surface area contributed by atoms with Gasteiger partial charge in [-0.1, -0.05) is 0 Å². The van der Waals surface area contributed by atoms with Gasteiger partial charge in [-0.2, -0.15) is 0 Å². The van der Waals surface area contributed by atoms with Crippen molar-refractivity contribution in [2.24, 2.45) is 0 Å². The Labute approximate surface area is 72.2 Å². The number of aliphatic hydroxyl groups excluding tert-OH is 1. The summed E-state index contributed by atoms with van der Waals surface area (Å²) in [5.41, 5.74) is -0.863. The van der Waals surface area contributed by atoms with E-state index in [-0.39, 0.29) is 0 Å². The molecule has 1 rings (SSSR count). The van der Waals surface area contributed by atoms with Crippen LogP contribution in [0.2, 0.25) is 0 Å². The molecule has 0 amide bonds. The Bertz CT molecular complexity index is 310. The summed E-state index contributed by atoms with van der Waals surface area (Å²) in [6.07, 6.45) is -1.51. The molecule has 2 nitrogen and oxygen atoms in total. The van der Waals surface area contributed by atoms with Crippen LogP contribution in [0, 0.1) is 17.5 Å². The number of benzene rings is 1. The Kier molecular flexibility index (Phi) is 2.47. The molecule has 0 fully saturated rings. The second-order valence-electron chi connectivity index (χ2n) is 2.60. The fourth-order valence-electron chi connectivity index (χ4n) is 0.977. The lowest BCUT2D eigenvalue weighted by Crippen LogP contribution is -2.03. The summed E-state index contributed by atoms with van der Waals surface area (Å²) in [7, 11) is 0. The van der Waals surface area contributed by atoms with Crippen molar-refractivity contribution in [2.75, 3.05) is 0 Å². The molecule has 0 aliphatic heterocycles. The smallest absolute Gasteiger partial charge is 0.173 e. The lowest BCUT2D eigenvalue weighted by atomic mass is 10.1. The molecule has 5 heteroatoms. The first-order chi connectivity index (χ1) is 5.95. The van der Waals surface area contributed by atoms with E-state index < -0.39 is 34.9 Å². The van der Waals surface area contributed by atoms with Gasteiger partial charge in [-0.05, 0) is 6.92 Å². The molecule has 0 aliphatic carbocycles. The van der Waals surface area contributed by atoms with E-state index in [1.807, 2.05) is 0 Å². The van der Waals surface area contributed by atoms with Gasteiger partial charge < -0.3 is 10.2 Å². The number of halogens is 3. The minimum atomic E-state index is -1.51. The first-order valence-electron chi connectivity index (χ1n) is 3.49. The van der Waals surface area contributed by atoms with Gasteiger partial charge in [-0.25, -0.2) is 13.2 Å². The molecule has 0 radical (unpaired) electrons. The van der Waals surface area contributed by atoms with Crippen LogP contribution >= 0.6 is 0 Å². The average molecular weight is 192 g/mol. The molecule has 2 N–H and O–H groups in total. The Hall–Kier alpha value is -1.23. The summed E-state index contributed by atoms with van der Waals surface area (Å²) in [4.78, 5) is 0. The monoisotopic (exact) mass is 192 g/mol. The Morgan fingerprint density at radius 3 is 2.23 bits per heavy atom. The normalized spacial score (nSPS) is 13.0. The van der Waals surface area contributed by atoms with Crippen LogP contribution in [-0.4, -0.2) is 10.2 Å². The lowest BCUT2D eigenvalue weighted by molar-refractivity contribution is 0.185. The van der Waals surface area contributed by atoms with E-state index in [2.05, 4.69) is 0 Å². The maximum atomic E-state index is 12.9. The number of aliphatic hydroxyl groups is 1. The molecule has 1 aromatic rings. The third kappa shape index (κ3) is 1.60. The summed E-state index contributed by atoms with van der Waals surface area (Å²) >= 11 is 0. The van der Waals surface area contributed by atoms with Crippen LogP contribution in [0.5, 0.6) is 5.75 Å². The highest BCUT2D eigenvalue weighted by molar-refractivity contribution is 5.33. The van der Waals surface area contributed by atoms with Crippen LogP contribution in [0.25, 0.3) is 0 Å². The average Bonchev–Trinajstić information content (AvgIpc) is 2.01.